The van der Waals surface area contributed by atoms with E-state index in [-0.39, 0.29) is 5.97 Å². The molecule has 1 unspecified atom stereocenters. The number of hydrogen-bond donors (Lipinski definition) is 1. The monoisotopic (exact) mass is 239 g/mol. The molecular formula is C12H21N3O2. The maximum atomic E-state index is 11.9. The number of nitrogens with zero attached hydrogens (tertiary/aromatic N) is 2. The Bertz CT molecular complexity index is 400. The van der Waals surface area contributed by atoms with E-state index >= 15 is 0 Å². The van der Waals surface area contributed by atoms with E-state index in [0.717, 1.165) is 11.4 Å². The minimum Gasteiger partial charge on any atom is -0.465 e. The number of likely N-dealkylation sites (N-methyl/N-ethyl adjacent to an activating group) is 1. The maximum Gasteiger partial charge on any atom is 0.327 e. The molecular weight excluding hydrogens is 218 g/mol. The Hall–Kier alpha value is -1.36. The molecule has 0 bridgehead atoms. The average Bonchev–Trinajstić information content (AvgIpc) is 2.57. The normalized spacial score (nSPS) is 14.4. The van der Waals surface area contributed by atoms with Gasteiger partial charge in [0.15, 0.2) is 0 Å². The summed E-state index contributed by atoms with van der Waals surface area (Å²) in [5, 5.41) is 7.37. The molecule has 0 fully saturated rings. The average molecular weight is 239 g/mol. The number of rotatable bonds is 5. The molecule has 1 atom stereocenters. The fraction of sp³-hybridized carbons (Fsp3) is 0.667. The highest BCUT2D eigenvalue weighted by atomic mass is 16.5. The third kappa shape index (κ3) is 3.06. The van der Waals surface area contributed by atoms with E-state index in [1.54, 1.807) is 14.0 Å². The van der Waals surface area contributed by atoms with E-state index in [0.29, 0.717) is 13.2 Å². The van der Waals surface area contributed by atoms with Crippen LogP contribution in [-0.2, 0) is 16.1 Å². The highest BCUT2D eigenvalue weighted by Crippen LogP contribution is 2.12. The summed E-state index contributed by atoms with van der Waals surface area (Å²) in [6.07, 6.45) is 0. The topological polar surface area (TPSA) is 56.2 Å². The van der Waals surface area contributed by atoms with Crippen LogP contribution in [0.3, 0.4) is 0 Å². The molecule has 0 spiro atoms. The van der Waals surface area contributed by atoms with Crippen LogP contribution < -0.4 is 5.32 Å². The van der Waals surface area contributed by atoms with Crippen molar-refractivity contribution in [3.05, 3.63) is 17.5 Å². The second kappa shape index (κ2) is 5.31. The molecule has 0 aliphatic rings. The Morgan fingerprint density at radius 1 is 1.59 bits per heavy atom. The Balaban J connectivity index is 2.88. The Kier molecular flexibility index (Phi) is 4.28. The number of carbonyl (C=O) groups excluding carboxylic acids is 1. The minimum absolute atomic E-state index is 0.255. The third-order valence-corrected chi connectivity index (χ3v) is 2.85. The summed E-state index contributed by atoms with van der Waals surface area (Å²) < 4.78 is 6.90. The van der Waals surface area contributed by atoms with Crippen molar-refractivity contribution < 1.29 is 9.53 Å². The van der Waals surface area contributed by atoms with Crippen molar-refractivity contribution in [2.45, 2.75) is 39.8 Å². The first kappa shape index (κ1) is 13.7. The molecule has 5 nitrogen and oxygen atoms in total. The van der Waals surface area contributed by atoms with Crippen LogP contribution in [0.25, 0.3) is 0 Å². The Labute approximate surface area is 102 Å². The third-order valence-electron chi connectivity index (χ3n) is 2.85. The molecule has 1 aromatic heterocycles. The molecule has 0 aliphatic heterocycles. The van der Waals surface area contributed by atoms with Crippen LogP contribution in [0.15, 0.2) is 6.07 Å². The van der Waals surface area contributed by atoms with Gasteiger partial charge in [0.2, 0.25) is 0 Å². The van der Waals surface area contributed by atoms with Gasteiger partial charge >= 0.3 is 5.97 Å². The second-order valence-electron chi connectivity index (χ2n) is 4.39. The van der Waals surface area contributed by atoms with E-state index in [4.69, 9.17) is 4.74 Å². The summed E-state index contributed by atoms with van der Waals surface area (Å²) in [5.74, 6) is -0.255. The summed E-state index contributed by atoms with van der Waals surface area (Å²) in [5.41, 5.74) is 1.23. The predicted octanol–water partition coefficient (Wildman–Crippen LogP) is 1.04. The molecule has 0 radical (unpaired) electrons. The van der Waals surface area contributed by atoms with Crippen LogP contribution in [-0.4, -0.2) is 34.9 Å². The highest BCUT2D eigenvalue weighted by Gasteiger charge is 2.34. The van der Waals surface area contributed by atoms with E-state index in [9.17, 15) is 4.79 Å². The molecule has 0 aliphatic carbocycles. The number of esters is 1. The number of nitrogens with one attached hydrogen (secondary N) is 1. The van der Waals surface area contributed by atoms with Crippen molar-refractivity contribution in [2.75, 3.05) is 13.7 Å². The zero-order valence-corrected chi connectivity index (χ0v) is 11.2. The molecule has 0 amide bonds. The molecule has 1 rings (SSSR count). The van der Waals surface area contributed by atoms with Crippen molar-refractivity contribution in [1.82, 2.24) is 15.1 Å². The number of aromatic nitrogens is 2. The van der Waals surface area contributed by atoms with Crippen LogP contribution in [0.2, 0.25) is 0 Å². The standard InChI is InChI=1S/C12H21N3O2/c1-6-17-11(16)12(4,13-5)8-15-10(3)7-9(2)14-15/h7,13H,6,8H2,1-5H3. The van der Waals surface area contributed by atoms with Gasteiger partial charge in [0.1, 0.15) is 5.54 Å². The second-order valence-corrected chi connectivity index (χ2v) is 4.39. The molecule has 5 heteroatoms. The lowest BCUT2D eigenvalue weighted by atomic mass is 10.0. The summed E-state index contributed by atoms with van der Waals surface area (Å²) in [7, 11) is 1.75. The van der Waals surface area contributed by atoms with Gasteiger partial charge < -0.3 is 10.1 Å². The van der Waals surface area contributed by atoms with Crippen LogP contribution in [0, 0.1) is 13.8 Å². The van der Waals surface area contributed by atoms with E-state index < -0.39 is 5.54 Å². The molecule has 1 N–H and O–H groups in total. The lowest BCUT2D eigenvalue weighted by molar-refractivity contribution is -0.151. The predicted molar refractivity (Wildman–Crippen MR) is 65.8 cm³/mol. The zero-order valence-electron chi connectivity index (χ0n) is 11.2. The van der Waals surface area contributed by atoms with Gasteiger partial charge in [-0.3, -0.25) is 4.68 Å². The van der Waals surface area contributed by atoms with Gasteiger partial charge in [-0.1, -0.05) is 0 Å². The molecule has 1 heterocycles. The zero-order chi connectivity index (χ0) is 13.1. The van der Waals surface area contributed by atoms with Crippen molar-refractivity contribution in [1.29, 1.82) is 0 Å². The molecule has 0 aromatic carbocycles. The summed E-state index contributed by atoms with van der Waals surface area (Å²) in [6.45, 7) is 8.37. The van der Waals surface area contributed by atoms with Gasteiger partial charge in [-0.2, -0.15) is 5.10 Å². The smallest absolute Gasteiger partial charge is 0.327 e. The first-order valence-electron chi connectivity index (χ1n) is 5.80. The van der Waals surface area contributed by atoms with Crippen LogP contribution in [0.4, 0.5) is 0 Å². The van der Waals surface area contributed by atoms with Gasteiger partial charge in [0.25, 0.3) is 0 Å². The van der Waals surface area contributed by atoms with Gasteiger partial charge in [-0.15, -0.1) is 0 Å². The largest absolute Gasteiger partial charge is 0.465 e. The maximum absolute atomic E-state index is 11.9. The van der Waals surface area contributed by atoms with E-state index in [2.05, 4.69) is 10.4 Å². The number of hydrogen-bond acceptors (Lipinski definition) is 4. The Morgan fingerprint density at radius 3 is 2.65 bits per heavy atom. The summed E-state index contributed by atoms with van der Waals surface area (Å²) in [4.78, 5) is 11.9. The molecule has 17 heavy (non-hydrogen) atoms. The van der Waals surface area contributed by atoms with Crippen molar-refractivity contribution in [2.24, 2.45) is 0 Å². The van der Waals surface area contributed by atoms with Gasteiger partial charge in [-0.05, 0) is 40.8 Å². The first-order valence-corrected chi connectivity index (χ1v) is 5.80. The molecule has 0 saturated heterocycles. The lowest BCUT2D eigenvalue weighted by Crippen LogP contribution is -2.52. The van der Waals surface area contributed by atoms with Crippen molar-refractivity contribution in [3.8, 4) is 0 Å². The van der Waals surface area contributed by atoms with Crippen LogP contribution in [0.1, 0.15) is 25.2 Å². The van der Waals surface area contributed by atoms with Crippen molar-refractivity contribution in [3.63, 3.8) is 0 Å². The Morgan fingerprint density at radius 2 is 2.24 bits per heavy atom. The lowest BCUT2D eigenvalue weighted by Gasteiger charge is -2.27. The number of aryl methyl sites for hydroxylation is 2. The fourth-order valence-electron chi connectivity index (χ4n) is 1.67. The van der Waals surface area contributed by atoms with Crippen LogP contribution >= 0.6 is 0 Å². The number of carbonyl (C=O) groups is 1. The van der Waals surface area contributed by atoms with E-state index in [1.807, 2.05) is 31.5 Å². The van der Waals surface area contributed by atoms with Gasteiger partial charge in [0, 0.05) is 5.69 Å². The minimum atomic E-state index is -0.751. The SMILES string of the molecule is CCOC(=O)C(C)(Cn1nc(C)cc1C)NC. The first-order chi connectivity index (χ1) is 7.92. The molecule has 0 saturated carbocycles. The van der Waals surface area contributed by atoms with Crippen molar-refractivity contribution >= 4 is 5.97 Å². The summed E-state index contributed by atoms with van der Waals surface area (Å²) >= 11 is 0. The molecule has 1 aromatic rings. The fourth-order valence-corrected chi connectivity index (χ4v) is 1.67. The van der Waals surface area contributed by atoms with Gasteiger partial charge in [0.05, 0.1) is 18.8 Å². The summed E-state index contributed by atoms with van der Waals surface area (Å²) in [6, 6.07) is 1.99. The number of ether oxygens (including phenoxy) is 1. The quantitative estimate of drug-likeness (QED) is 0.780. The van der Waals surface area contributed by atoms with Crippen LogP contribution in [0.5, 0.6) is 0 Å². The van der Waals surface area contributed by atoms with Gasteiger partial charge in [-0.25, -0.2) is 4.79 Å². The van der Waals surface area contributed by atoms with E-state index in [1.165, 1.54) is 0 Å². The highest BCUT2D eigenvalue weighted by molar-refractivity contribution is 5.80. The molecule has 96 valence electrons.